The van der Waals surface area contributed by atoms with Gasteiger partial charge in [0.2, 0.25) is 0 Å². The van der Waals surface area contributed by atoms with Gasteiger partial charge < -0.3 is 11.1 Å². The van der Waals surface area contributed by atoms with Crippen molar-refractivity contribution in [2.45, 2.75) is 19.3 Å². The molecule has 3 N–H and O–H groups in total. The third-order valence-corrected chi connectivity index (χ3v) is 3.35. The van der Waals surface area contributed by atoms with Crippen molar-refractivity contribution in [3.8, 4) is 0 Å². The highest BCUT2D eigenvalue weighted by Gasteiger charge is 2.05. The maximum Gasteiger partial charge on any atom is 0.251 e. The van der Waals surface area contributed by atoms with Gasteiger partial charge in [-0.05, 0) is 42.2 Å². The van der Waals surface area contributed by atoms with Crippen LogP contribution in [0.15, 0.2) is 42.5 Å². The molecule has 104 valence electrons. The molecule has 2 aromatic rings. The van der Waals surface area contributed by atoms with Gasteiger partial charge >= 0.3 is 0 Å². The number of unbranched alkanes of at least 4 members (excludes halogenated alkanes) is 1. The van der Waals surface area contributed by atoms with E-state index in [0.29, 0.717) is 17.1 Å². The van der Waals surface area contributed by atoms with Gasteiger partial charge in [-0.2, -0.15) is 0 Å². The number of fused-ring (bicyclic) bond motifs is 1. The van der Waals surface area contributed by atoms with Crippen LogP contribution in [0.25, 0.3) is 10.8 Å². The second-order valence-corrected chi connectivity index (χ2v) is 5.27. The van der Waals surface area contributed by atoms with E-state index in [1.807, 2.05) is 42.5 Å². The first-order valence-electron chi connectivity index (χ1n) is 6.72. The first kappa shape index (κ1) is 14.5. The normalized spacial score (nSPS) is 10.4. The lowest BCUT2D eigenvalue weighted by Gasteiger charge is -2.06. The molecule has 0 radical (unpaired) electrons. The van der Waals surface area contributed by atoms with Gasteiger partial charge in [0, 0.05) is 12.1 Å². The summed E-state index contributed by atoms with van der Waals surface area (Å²) in [6.07, 6.45) is 2.53. The number of hydrogen-bond acceptors (Lipinski definition) is 2. The molecule has 0 aliphatic carbocycles. The summed E-state index contributed by atoms with van der Waals surface area (Å²) in [5.41, 5.74) is 6.12. The van der Waals surface area contributed by atoms with E-state index < -0.39 is 0 Å². The van der Waals surface area contributed by atoms with Crippen molar-refractivity contribution in [2.75, 3.05) is 6.54 Å². The molecular weight excluding hydrogens is 268 g/mol. The first-order valence-corrected chi connectivity index (χ1v) is 7.13. The van der Waals surface area contributed by atoms with Gasteiger partial charge in [0.05, 0.1) is 4.99 Å². The average molecular weight is 286 g/mol. The molecule has 0 aliphatic rings. The van der Waals surface area contributed by atoms with Crippen LogP contribution < -0.4 is 11.1 Å². The van der Waals surface area contributed by atoms with Gasteiger partial charge in [0.15, 0.2) is 0 Å². The highest BCUT2D eigenvalue weighted by Crippen LogP contribution is 2.15. The van der Waals surface area contributed by atoms with E-state index in [4.69, 9.17) is 18.0 Å². The number of amides is 1. The van der Waals surface area contributed by atoms with E-state index in [2.05, 4.69) is 5.32 Å². The fourth-order valence-corrected chi connectivity index (χ4v) is 2.20. The predicted molar refractivity (Wildman–Crippen MR) is 86.9 cm³/mol. The summed E-state index contributed by atoms with van der Waals surface area (Å²) >= 11 is 4.81. The molecule has 20 heavy (non-hydrogen) atoms. The molecule has 4 heteroatoms. The molecule has 0 spiro atoms. The Morgan fingerprint density at radius 1 is 1.10 bits per heavy atom. The number of nitrogens with one attached hydrogen (secondary N) is 1. The molecule has 0 heterocycles. The van der Waals surface area contributed by atoms with Crippen LogP contribution in [0.4, 0.5) is 0 Å². The molecular formula is C16H18N2OS. The van der Waals surface area contributed by atoms with Crippen LogP contribution in [0.1, 0.15) is 29.6 Å². The van der Waals surface area contributed by atoms with Crippen LogP contribution in [0.5, 0.6) is 0 Å². The van der Waals surface area contributed by atoms with Crippen LogP contribution in [-0.2, 0) is 0 Å². The Morgan fingerprint density at radius 2 is 1.85 bits per heavy atom. The third kappa shape index (κ3) is 4.03. The Hall–Kier alpha value is -1.94. The molecule has 0 bridgehead atoms. The summed E-state index contributed by atoms with van der Waals surface area (Å²) < 4.78 is 0. The highest BCUT2D eigenvalue weighted by molar-refractivity contribution is 7.80. The Morgan fingerprint density at radius 3 is 2.60 bits per heavy atom. The summed E-state index contributed by atoms with van der Waals surface area (Å²) in [5.74, 6) is -0.0360. The van der Waals surface area contributed by atoms with Crippen LogP contribution in [-0.4, -0.2) is 17.4 Å². The van der Waals surface area contributed by atoms with Gasteiger partial charge in [0.1, 0.15) is 0 Å². The van der Waals surface area contributed by atoms with Crippen molar-refractivity contribution in [3.05, 3.63) is 48.0 Å². The average Bonchev–Trinajstić information content (AvgIpc) is 2.46. The number of carbonyl (C=O) groups excluding carboxylic acids is 1. The predicted octanol–water partition coefficient (Wildman–Crippen LogP) is 3.03. The molecule has 2 aromatic carbocycles. The molecule has 0 fully saturated rings. The molecule has 3 nitrogen and oxygen atoms in total. The lowest BCUT2D eigenvalue weighted by molar-refractivity contribution is 0.0953. The summed E-state index contributed by atoms with van der Waals surface area (Å²) in [4.78, 5) is 12.6. The third-order valence-electron chi connectivity index (χ3n) is 3.15. The van der Waals surface area contributed by atoms with E-state index in [1.165, 1.54) is 0 Å². The lowest BCUT2D eigenvalue weighted by atomic mass is 10.1. The Balaban J connectivity index is 1.89. The van der Waals surface area contributed by atoms with Gasteiger partial charge in [-0.3, -0.25) is 4.79 Å². The maximum absolute atomic E-state index is 12.0. The molecule has 0 atom stereocenters. The van der Waals surface area contributed by atoms with Crippen LogP contribution >= 0.6 is 12.2 Å². The van der Waals surface area contributed by atoms with Crippen molar-refractivity contribution in [1.29, 1.82) is 0 Å². The zero-order valence-electron chi connectivity index (χ0n) is 11.3. The quantitative estimate of drug-likeness (QED) is 0.634. The second-order valence-electron chi connectivity index (χ2n) is 4.74. The first-order chi connectivity index (χ1) is 9.66. The van der Waals surface area contributed by atoms with E-state index in [-0.39, 0.29) is 5.91 Å². The minimum atomic E-state index is -0.0360. The topological polar surface area (TPSA) is 55.1 Å². The van der Waals surface area contributed by atoms with Crippen molar-refractivity contribution in [1.82, 2.24) is 5.32 Å². The summed E-state index contributed by atoms with van der Waals surface area (Å²) in [6.45, 7) is 0.647. The van der Waals surface area contributed by atoms with Crippen molar-refractivity contribution in [2.24, 2.45) is 5.73 Å². The second kappa shape index (κ2) is 7.01. The smallest absolute Gasteiger partial charge is 0.251 e. The number of nitrogens with two attached hydrogens (primary N) is 1. The van der Waals surface area contributed by atoms with Crippen molar-refractivity contribution in [3.63, 3.8) is 0 Å². The van der Waals surface area contributed by atoms with Gasteiger partial charge in [-0.25, -0.2) is 0 Å². The Bertz CT molecular complexity index is 625. The molecule has 0 aliphatic heterocycles. The van der Waals surface area contributed by atoms with E-state index in [1.54, 1.807) is 0 Å². The molecule has 0 saturated carbocycles. The van der Waals surface area contributed by atoms with Crippen molar-refractivity contribution >= 4 is 33.9 Å². The zero-order chi connectivity index (χ0) is 14.4. The van der Waals surface area contributed by atoms with Crippen LogP contribution in [0, 0.1) is 0 Å². The van der Waals surface area contributed by atoms with Gasteiger partial charge in [-0.1, -0.05) is 42.5 Å². The van der Waals surface area contributed by atoms with Gasteiger partial charge in [-0.15, -0.1) is 0 Å². The summed E-state index contributed by atoms with van der Waals surface area (Å²) in [5, 5.41) is 5.13. The SMILES string of the molecule is NC(=S)CCCCNC(=O)c1ccc2ccccc2c1. The molecule has 0 saturated heterocycles. The zero-order valence-corrected chi connectivity index (χ0v) is 12.1. The van der Waals surface area contributed by atoms with Crippen LogP contribution in [0.2, 0.25) is 0 Å². The minimum absolute atomic E-state index is 0.0360. The van der Waals surface area contributed by atoms with E-state index in [9.17, 15) is 4.79 Å². The standard InChI is InChI=1S/C16H18N2OS/c17-15(20)7-3-4-10-18-16(19)14-9-8-12-5-1-2-6-13(12)11-14/h1-2,5-6,8-9,11H,3-4,7,10H2,(H2,17,20)(H,18,19). The molecule has 0 unspecified atom stereocenters. The minimum Gasteiger partial charge on any atom is -0.393 e. The van der Waals surface area contributed by atoms with E-state index >= 15 is 0 Å². The number of rotatable bonds is 6. The van der Waals surface area contributed by atoms with Crippen molar-refractivity contribution < 1.29 is 4.79 Å². The largest absolute Gasteiger partial charge is 0.393 e. The Kier molecular flexibility index (Phi) is 5.07. The number of hydrogen-bond donors (Lipinski definition) is 2. The lowest BCUT2D eigenvalue weighted by Crippen LogP contribution is -2.24. The molecule has 0 aromatic heterocycles. The summed E-state index contributed by atoms with van der Waals surface area (Å²) in [6, 6.07) is 13.7. The number of thiocarbonyl (C=S) groups is 1. The number of carbonyl (C=O) groups is 1. The maximum atomic E-state index is 12.0. The fourth-order valence-electron chi connectivity index (χ4n) is 2.06. The number of benzene rings is 2. The highest BCUT2D eigenvalue weighted by atomic mass is 32.1. The van der Waals surface area contributed by atoms with Crippen LogP contribution in [0.3, 0.4) is 0 Å². The molecule has 1 amide bonds. The van der Waals surface area contributed by atoms with Gasteiger partial charge in [0.25, 0.3) is 5.91 Å². The summed E-state index contributed by atoms with van der Waals surface area (Å²) in [7, 11) is 0. The molecule has 2 rings (SSSR count). The fraction of sp³-hybridized carbons (Fsp3) is 0.250. The monoisotopic (exact) mass is 286 g/mol. The Labute approximate surface area is 124 Å². The van der Waals surface area contributed by atoms with E-state index in [0.717, 1.165) is 30.0 Å².